The van der Waals surface area contributed by atoms with E-state index in [0.29, 0.717) is 4.90 Å². The second kappa shape index (κ2) is 4.26. The summed E-state index contributed by atoms with van der Waals surface area (Å²) in [4.78, 5) is 36.1. The fourth-order valence-corrected chi connectivity index (χ4v) is 2.58. The zero-order valence-corrected chi connectivity index (χ0v) is 11.3. The highest BCUT2D eigenvalue weighted by Gasteiger charge is 2.64. The summed E-state index contributed by atoms with van der Waals surface area (Å²) in [6, 6.07) is 0. The Hall–Kier alpha value is -1.59. The Morgan fingerprint density at radius 2 is 1.94 bits per heavy atom. The molecule has 0 spiro atoms. The van der Waals surface area contributed by atoms with Crippen molar-refractivity contribution in [3.05, 3.63) is 0 Å². The molecule has 0 bridgehead atoms. The molecule has 0 aromatic heterocycles. The van der Waals surface area contributed by atoms with Crippen molar-refractivity contribution in [3.8, 4) is 0 Å². The first-order valence-electron chi connectivity index (χ1n) is 5.75. The van der Waals surface area contributed by atoms with Gasteiger partial charge in [0.15, 0.2) is 5.54 Å². The lowest BCUT2D eigenvalue weighted by Crippen LogP contribution is -2.62. The molecular weight excluding hydrogens is 238 g/mol. The smallest absolute Gasteiger partial charge is 0.415 e. The van der Waals surface area contributed by atoms with Gasteiger partial charge in [-0.3, -0.25) is 4.79 Å². The molecule has 6 nitrogen and oxygen atoms in total. The van der Waals surface area contributed by atoms with Crippen molar-refractivity contribution in [2.75, 3.05) is 7.11 Å². The van der Waals surface area contributed by atoms with Gasteiger partial charge in [0.25, 0.3) is 0 Å². The van der Waals surface area contributed by atoms with Crippen LogP contribution in [0.25, 0.3) is 0 Å². The number of hydrogen-bond acceptors (Lipinski definition) is 4. The van der Waals surface area contributed by atoms with Crippen molar-refractivity contribution in [1.82, 2.24) is 4.90 Å². The van der Waals surface area contributed by atoms with E-state index in [-0.39, 0.29) is 6.42 Å². The number of nitrogens with zero attached hydrogens (tertiary/aromatic N) is 1. The molecule has 1 aliphatic rings. The fourth-order valence-electron chi connectivity index (χ4n) is 2.58. The first-order chi connectivity index (χ1) is 8.09. The van der Waals surface area contributed by atoms with Crippen LogP contribution in [0.3, 0.4) is 0 Å². The molecule has 18 heavy (non-hydrogen) atoms. The number of carbonyl (C=O) groups is 3. The summed E-state index contributed by atoms with van der Waals surface area (Å²) in [5.41, 5.74) is -2.19. The largest absolute Gasteiger partial charge is 0.467 e. The predicted octanol–water partition coefficient (Wildman–Crippen LogP) is 1.49. The van der Waals surface area contributed by atoms with Gasteiger partial charge in [0, 0.05) is 5.92 Å². The number of amides is 2. The van der Waals surface area contributed by atoms with Crippen LogP contribution in [0.15, 0.2) is 0 Å². The molecule has 0 aromatic rings. The number of rotatable bonds is 1. The van der Waals surface area contributed by atoms with Crippen LogP contribution in [-0.2, 0) is 14.3 Å². The lowest BCUT2D eigenvalue weighted by atomic mass is 9.71. The van der Waals surface area contributed by atoms with Gasteiger partial charge in [0.05, 0.1) is 7.11 Å². The Bertz CT molecular complexity index is 398. The third-order valence-corrected chi connectivity index (χ3v) is 3.58. The molecule has 0 aromatic carbocycles. The fraction of sp³-hybridized carbons (Fsp3) is 0.750. The summed E-state index contributed by atoms with van der Waals surface area (Å²) >= 11 is 0. The average Bonchev–Trinajstić information content (AvgIpc) is 2.50. The van der Waals surface area contributed by atoms with Crippen LogP contribution in [0.5, 0.6) is 0 Å². The van der Waals surface area contributed by atoms with Crippen molar-refractivity contribution in [2.45, 2.75) is 39.7 Å². The lowest BCUT2D eigenvalue weighted by molar-refractivity contribution is -0.162. The normalized spacial score (nSPS) is 28.4. The molecule has 2 atom stereocenters. The highest BCUT2D eigenvalue weighted by molar-refractivity contribution is 6.02. The molecule has 1 heterocycles. The molecule has 0 aliphatic carbocycles. The molecular formula is C12H19NO5. The molecule has 1 rings (SSSR count). The number of carboxylic acid groups (broad SMARTS) is 1. The van der Waals surface area contributed by atoms with Crippen LogP contribution >= 0.6 is 0 Å². The van der Waals surface area contributed by atoms with E-state index in [1.807, 2.05) is 0 Å². The molecule has 1 fully saturated rings. The van der Waals surface area contributed by atoms with E-state index in [0.717, 1.165) is 0 Å². The van der Waals surface area contributed by atoms with Gasteiger partial charge in [-0.25, -0.2) is 14.5 Å². The second-order valence-corrected chi connectivity index (χ2v) is 5.66. The zero-order chi connectivity index (χ0) is 14.3. The number of methoxy groups -OCH3 is 1. The monoisotopic (exact) mass is 257 g/mol. The molecule has 1 saturated heterocycles. The maximum atomic E-state index is 12.1. The van der Waals surface area contributed by atoms with Crippen LogP contribution < -0.4 is 0 Å². The third-order valence-electron chi connectivity index (χ3n) is 3.58. The van der Waals surface area contributed by atoms with Crippen LogP contribution in [-0.4, -0.2) is 40.6 Å². The highest BCUT2D eigenvalue weighted by Crippen LogP contribution is 2.47. The number of hydrogen-bond donors (Lipinski definition) is 1. The maximum absolute atomic E-state index is 12.1. The topological polar surface area (TPSA) is 83.9 Å². The first-order valence-corrected chi connectivity index (χ1v) is 5.75. The molecule has 2 amide bonds. The number of esters is 1. The molecule has 102 valence electrons. The number of ether oxygens (including phenoxy) is 1. The van der Waals surface area contributed by atoms with Gasteiger partial charge in [0.2, 0.25) is 5.91 Å². The Kier molecular flexibility index (Phi) is 3.42. The van der Waals surface area contributed by atoms with E-state index >= 15 is 0 Å². The van der Waals surface area contributed by atoms with Crippen molar-refractivity contribution < 1.29 is 24.2 Å². The highest BCUT2D eigenvalue weighted by atomic mass is 16.5. The van der Waals surface area contributed by atoms with Gasteiger partial charge in [-0.15, -0.1) is 0 Å². The molecule has 0 unspecified atom stereocenters. The standard InChI is InChI=1S/C12H19NO5/c1-7-6-12(9(15)18-5,11(2,3)4)13(8(7)14)10(16)17/h7H,6H2,1-5H3,(H,16,17)/t7-,12-/m1/s1. The summed E-state index contributed by atoms with van der Waals surface area (Å²) < 4.78 is 4.74. The van der Waals surface area contributed by atoms with Crippen LogP contribution in [0.1, 0.15) is 34.1 Å². The number of imide groups is 1. The molecule has 0 radical (unpaired) electrons. The van der Waals surface area contributed by atoms with Crippen molar-refractivity contribution >= 4 is 18.0 Å². The van der Waals surface area contributed by atoms with Gasteiger partial charge in [-0.2, -0.15) is 0 Å². The molecule has 1 N–H and O–H groups in total. The summed E-state index contributed by atoms with van der Waals surface area (Å²) in [6.07, 6.45) is -1.27. The average molecular weight is 257 g/mol. The molecule has 6 heteroatoms. The minimum atomic E-state index is -1.45. The maximum Gasteiger partial charge on any atom is 0.415 e. The first kappa shape index (κ1) is 14.5. The Labute approximate surface area is 106 Å². The van der Waals surface area contributed by atoms with E-state index in [2.05, 4.69) is 0 Å². The van der Waals surface area contributed by atoms with Gasteiger partial charge >= 0.3 is 12.1 Å². The predicted molar refractivity (Wildman–Crippen MR) is 62.9 cm³/mol. The van der Waals surface area contributed by atoms with Gasteiger partial charge < -0.3 is 9.84 Å². The Morgan fingerprint density at radius 3 is 2.28 bits per heavy atom. The Balaban J connectivity index is 3.47. The summed E-state index contributed by atoms with van der Waals surface area (Å²) in [5, 5.41) is 9.24. The quantitative estimate of drug-likeness (QED) is 0.719. The lowest BCUT2D eigenvalue weighted by Gasteiger charge is -2.42. The van der Waals surface area contributed by atoms with E-state index < -0.39 is 34.8 Å². The summed E-state index contributed by atoms with van der Waals surface area (Å²) in [6.45, 7) is 6.80. The minimum absolute atomic E-state index is 0.147. The van der Waals surface area contributed by atoms with E-state index in [1.165, 1.54) is 7.11 Å². The summed E-state index contributed by atoms with van der Waals surface area (Å²) in [7, 11) is 1.20. The van der Waals surface area contributed by atoms with E-state index in [9.17, 15) is 19.5 Å². The SMILES string of the molecule is COC(=O)[C@@]1(C(C)(C)C)C[C@@H](C)C(=O)N1C(=O)O. The molecule has 0 saturated carbocycles. The summed E-state index contributed by atoms with van der Waals surface area (Å²) in [5.74, 6) is -1.75. The second-order valence-electron chi connectivity index (χ2n) is 5.66. The number of carbonyl (C=O) groups excluding carboxylic acids is 2. The van der Waals surface area contributed by atoms with Crippen molar-refractivity contribution in [3.63, 3.8) is 0 Å². The van der Waals surface area contributed by atoms with Gasteiger partial charge in [0.1, 0.15) is 0 Å². The minimum Gasteiger partial charge on any atom is -0.467 e. The molecule has 1 aliphatic heterocycles. The van der Waals surface area contributed by atoms with Crippen molar-refractivity contribution in [2.24, 2.45) is 11.3 Å². The van der Waals surface area contributed by atoms with E-state index in [1.54, 1.807) is 27.7 Å². The zero-order valence-electron chi connectivity index (χ0n) is 11.3. The van der Waals surface area contributed by atoms with Crippen LogP contribution in [0.2, 0.25) is 0 Å². The third kappa shape index (κ3) is 1.76. The van der Waals surface area contributed by atoms with E-state index in [4.69, 9.17) is 4.74 Å². The van der Waals surface area contributed by atoms with Crippen molar-refractivity contribution in [1.29, 1.82) is 0 Å². The van der Waals surface area contributed by atoms with Gasteiger partial charge in [-0.1, -0.05) is 27.7 Å². The number of likely N-dealkylation sites (tertiary alicyclic amines) is 1. The Morgan fingerprint density at radius 1 is 1.44 bits per heavy atom. The van der Waals surface area contributed by atoms with Gasteiger partial charge in [-0.05, 0) is 11.8 Å². The van der Waals surface area contributed by atoms with Crippen LogP contribution in [0.4, 0.5) is 4.79 Å². The van der Waals surface area contributed by atoms with Crippen LogP contribution in [0, 0.1) is 11.3 Å².